The number of hydrogen-bond acceptors (Lipinski definition) is 6. The number of nitrogens with zero attached hydrogens (tertiary/aromatic N) is 1. The Balaban J connectivity index is 1.91. The first-order valence-corrected chi connectivity index (χ1v) is 7.18. The van der Waals surface area contributed by atoms with Crippen LogP contribution in [0.15, 0.2) is 29.2 Å². The van der Waals surface area contributed by atoms with Gasteiger partial charge in [-0.05, 0) is 56.0 Å². The second kappa shape index (κ2) is 6.58. The van der Waals surface area contributed by atoms with Gasteiger partial charge in [0, 0.05) is 4.90 Å². The number of hydrogen-bond donors (Lipinski definition) is 3. The van der Waals surface area contributed by atoms with E-state index in [4.69, 9.17) is 10.5 Å². The van der Waals surface area contributed by atoms with Gasteiger partial charge in [-0.2, -0.15) is 0 Å². The molecule has 0 saturated heterocycles. The van der Waals surface area contributed by atoms with Crippen molar-refractivity contribution in [3.63, 3.8) is 0 Å². The van der Waals surface area contributed by atoms with Crippen LogP contribution in [0.1, 0.15) is 19.3 Å². The van der Waals surface area contributed by atoms with Crippen LogP contribution in [-0.4, -0.2) is 40.1 Å². The van der Waals surface area contributed by atoms with Gasteiger partial charge in [-0.3, -0.25) is 0 Å². The molecule has 0 aliphatic heterocycles. The molecule has 0 bridgehead atoms. The molecule has 106 valence electrons. The number of nitrogens with two attached hydrogens (primary N) is 1. The zero-order chi connectivity index (χ0) is 13.7. The van der Waals surface area contributed by atoms with Crippen LogP contribution in [0.5, 0.6) is 5.75 Å². The van der Waals surface area contributed by atoms with Crippen LogP contribution in [0.3, 0.4) is 0 Å². The summed E-state index contributed by atoms with van der Waals surface area (Å²) in [7, 11) is 0. The van der Waals surface area contributed by atoms with Gasteiger partial charge < -0.3 is 20.8 Å². The summed E-state index contributed by atoms with van der Waals surface area (Å²) in [5.41, 5.74) is 4.95. The Labute approximate surface area is 117 Å². The van der Waals surface area contributed by atoms with Crippen LogP contribution >= 0.6 is 11.9 Å². The van der Waals surface area contributed by atoms with Crippen molar-refractivity contribution in [1.29, 1.82) is 0 Å². The van der Waals surface area contributed by atoms with Crippen LogP contribution in [-0.2, 0) is 0 Å². The highest BCUT2D eigenvalue weighted by molar-refractivity contribution is 7.97. The summed E-state index contributed by atoms with van der Waals surface area (Å²) >= 11 is 1.22. The second-order valence-electron chi connectivity index (χ2n) is 4.71. The van der Waals surface area contributed by atoms with Crippen molar-refractivity contribution in [3.8, 4) is 5.75 Å². The van der Waals surface area contributed by atoms with Crippen molar-refractivity contribution in [1.82, 2.24) is 4.47 Å². The standard InChI is InChI=1S/C13H20N2O3S/c14-7-2-8-18-11-3-1-4-12(9-11)19-15(17)13(10-16)5-6-13/h1,3-4,9,16-17H,2,5-8,10,14H2. The van der Waals surface area contributed by atoms with Gasteiger partial charge in [0.05, 0.1) is 18.8 Å². The summed E-state index contributed by atoms with van der Waals surface area (Å²) in [6, 6.07) is 7.53. The molecule has 1 aromatic carbocycles. The van der Waals surface area contributed by atoms with Gasteiger partial charge in [0.2, 0.25) is 0 Å². The van der Waals surface area contributed by atoms with Crippen LogP contribution in [0.4, 0.5) is 0 Å². The fourth-order valence-electron chi connectivity index (χ4n) is 1.64. The first-order valence-electron chi connectivity index (χ1n) is 6.41. The SMILES string of the molecule is NCCCOc1cccc(SN(O)C2(CO)CC2)c1. The Morgan fingerprint density at radius 3 is 2.84 bits per heavy atom. The highest BCUT2D eigenvalue weighted by Crippen LogP contribution is 2.45. The topological polar surface area (TPSA) is 79.0 Å². The fraction of sp³-hybridized carbons (Fsp3) is 0.538. The van der Waals surface area contributed by atoms with E-state index in [0.29, 0.717) is 13.2 Å². The molecule has 1 aliphatic carbocycles. The summed E-state index contributed by atoms with van der Waals surface area (Å²) in [4.78, 5) is 0.882. The van der Waals surface area contributed by atoms with Crippen LogP contribution in [0, 0.1) is 0 Å². The highest BCUT2D eigenvalue weighted by atomic mass is 32.2. The molecule has 1 aromatic rings. The van der Waals surface area contributed by atoms with Crippen LogP contribution in [0.2, 0.25) is 0 Å². The molecule has 0 heterocycles. The maximum atomic E-state index is 9.98. The van der Waals surface area contributed by atoms with Gasteiger partial charge in [0.15, 0.2) is 0 Å². The molecular weight excluding hydrogens is 264 g/mol. The Kier molecular flexibility index (Phi) is 5.06. The average molecular weight is 284 g/mol. The van der Waals surface area contributed by atoms with Gasteiger partial charge in [-0.25, -0.2) is 0 Å². The summed E-state index contributed by atoms with van der Waals surface area (Å²) in [6.07, 6.45) is 2.45. The maximum absolute atomic E-state index is 9.98. The third-order valence-electron chi connectivity index (χ3n) is 3.14. The number of aliphatic hydroxyl groups excluding tert-OH is 1. The molecule has 0 radical (unpaired) electrons. The first-order chi connectivity index (χ1) is 9.20. The number of benzene rings is 1. The lowest BCUT2D eigenvalue weighted by Gasteiger charge is -2.22. The van der Waals surface area contributed by atoms with E-state index < -0.39 is 5.54 Å². The largest absolute Gasteiger partial charge is 0.494 e. The van der Waals surface area contributed by atoms with Gasteiger partial charge in [0.25, 0.3) is 0 Å². The van der Waals surface area contributed by atoms with Crippen molar-refractivity contribution >= 4 is 11.9 Å². The maximum Gasteiger partial charge on any atom is 0.120 e. The number of ether oxygens (including phenoxy) is 1. The summed E-state index contributed by atoms with van der Waals surface area (Å²) in [5.74, 6) is 0.765. The minimum absolute atomic E-state index is 0.0246. The van der Waals surface area contributed by atoms with Gasteiger partial charge in [-0.15, -0.1) is 4.47 Å². The zero-order valence-corrected chi connectivity index (χ0v) is 11.6. The third kappa shape index (κ3) is 3.84. The van der Waals surface area contributed by atoms with E-state index in [1.165, 1.54) is 11.9 Å². The predicted molar refractivity (Wildman–Crippen MR) is 74.1 cm³/mol. The van der Waals surface area contributed by atoms with Crippen molar-refractivity contribution in [2.75, 3.05) is 19.8 Å². The third-order valence-corrected chi connectivity index (χ3v) is 4.17. The quantitative estimate of drug-likeness (QED) is 0.382. The van der Waals surface area contributed by atoms with Crippen LogP contribution < -0.4 is 10.5 Å². The van der Waals surface area contributed by atoms with E-state index in [2.05, 4.69) is 0 Å². The lowest BCUT2D eigenvalue weighted by Crippen LogP contribution is -2.32. The summed E-state index contributed by atoms with van der Waals surface area (Å²) in [5, 5.41) is 19.2. The van der Waals surface area contributed by atoms with Crippen molar-refractivity contribution < 1.29 is 15.1 Å². The van der Waals surface area contributed by atoms with Gasteiger partial charge >= 0.3 is 0 Å². The van der Waals surface area contributed by atoms with Crippen molar-refractivity contribution in [2.24, 2.45) is 5.73 Å². The lowest BCUT2D eigenvalue weighted by molar-refractivity contribution is -0.0536. The molecular formula is C13H20N2O3S. The minimum Gasteiger partial charge on any atom is -0.494 e. The van der Waals surface area contributed by atoms with E-state index >= 15 is 0 Å². The lowest BCUT2D eigenvalue weighted by atomic mass is 10.3. The first kappa shape index (κ1) is 14.6. The molecule has 0 atom stereocenters. The molecule has 0 unspecified atom stereocenters. The Hall–Kier alpha value is -0.790. The smallest absolute Gasteiger partial charge is 0.120 e. The van der Waals surface area contributed by atoms with Gasteiger partial charge in [-0.1, -0.05) is 6.07 Å². The average Bonchev–Trinajstić information content (AvgIpc) is 3.20. The van der Waals surface area contributed by atoms with E-state index in [1.807, 2.05) is 24.3 Å². The molecule has 4 N–H and O–H groups in total. The monoisotopic (exact) mass is 284 g/mol. The number of aliphatic hydroxyl groups is 1. The van der Waals surface area contributed by atoms with E-state index in [0.717, 1.165) is 34.4 Å². The number of hydroxylamine groups is 1. The number of rotatable bonds is 8. The fourth-order valence-corrected chi connectivity index (χ4v) is 2.59. The highest BCUT2D eigenvalue weighted by Gasteiger charge is 2.48. The van der Waals surface area contributed by atoms with Gasteiger partial charge in [0.1, 0.15) is 5.75 Å². The second-order valence-corrected chi connectivity index (χ2v) is 5.71. The minimum atomic E-state index is -0.457. The van der Waals surface area contributed by atoms with E-state index in [9.17, 15) is 10.3 Å². The Bertz CT molecular complexity index is 413. The Morgan fingerprint density at radius 2 is 2.21 bits per heavy atom. The Morgan fingerprint density at radius 1 is 1.42 bits per heavy atom. The summed E-state index contributed by atoms with van der Waals surface area (Å²) < 4.78 is 6.71. The summed E-state index contributed by atoms with van der Waals surface area (Å²) in [6.45, 7) is 1.18. The van der Waals surface area contributed by atoms with E-state index in [-0.39, 0.29) is 6.61 Å². The molecule has 1 fully saturated rings. The molecule has 1 aliphatic rings. The molecule has 2 rings (SSSR count). The molecule has 1 saturated carbocycles. The molecule has 0 spiro atoms. The van der Waals surface area contributed by atoms with Crippen molar-refractivity contribution in [2.45, 2.75) is 29.7 Å². The predicted octanol–water partition coefficient (Wildman–Crippen LogP) is 1.64. The zero-order valence-electron chi connectivity index (χ0n) is 10.8. The van der Waals surface area contributed by atoms with E-state index in [1.54, 1.807) is 0 Å². The molecule has 19 heavy (non-hydrogen) atoms. The molecule has 5 nitrogen and oxygen atoms in total. The molecule has 0 amide bonds. The van der Waals surface area contributed by atoms with Crippen molar-refractivity contribution in [3.05, 3.63) is 24.3 Å². The normalized spacial score (nSPS) is 16.6. The van der Waals surface area contributed by atoms with Crippen LogP contribution in [0.25, 0.3) is 0 Å². The molecule has 6 heteroatoms. The molecule has 0 aromatic heterocycles.